The van der Waals surface area contributed by atoms with Gasteiger partial charge >= 0.3 is 5.97 Å². The van der Waals surface area contributed by atoms with Gasteiger partial charge in [0.2, 0.25) is 0 Å². The van der Waals surface area contributed by atoms with E-state index in [9.17, 15) is 14.4 Å². The second kappa shape index (κ2) is 9.60. The molecule has 0 aliphatic carbocycles. The second-order valence-corrected chi connectivity index (χ2v) is 7.92. The summed E-state index contributed by atoms with van der Waals surface area (Å²) in [7, 11) is 1.57. The van der Waals surface area contributed by atoms with Crippen molar-refractivity contribution in [2.75, 3.05) is 13.7 Å². The van der Waals surface area contributed by atoms with Crippen molar-refractivity contribution in [3.63, 3.8) is 0 Å². The summed E-state index contributed by atoms with van der Waals surface area (Å²) < 4.78 is 16.4. The van der Waals surface area contributed by atoms with Crippen LogP contribution in [0.5, 0.6) is 11.5 Å². The van der Waals surface area contributed by atoms with Crippen LogP contribution in [-0.4, -0.2) is 35.8 Å². The Balaban J connectivity index is 1.62. The van der Waals surface area contributed by atoms with Crippen molar-refractivity contribution in [3.8, 4) is 11.5 Å². The molecule has 0 radical (unpaired) electrons. The minimum Gasteiger partial charge on any atom is -0.497 e. The molecule has 2 aromatic carbocycles. The zero-order valence-corrected chi connectivity index (χ0v) is 17.1. The maximum Gasteiger partial charge on any atom is 0.303 e. The SMILES string of the molecule is COc1cccc(C(COc2ccc(CC3SC(=O)CC3=O)cc2)OC(C)=O)c1. The van der Waals surface area contributed by atoms with Gasteiger partial charge in [0.15, 0.2) is 17.0 Å². The van der Waals surface area contributed by atoms with Crippen LogP contribution in [0.2, 0.25) is 0 Å². The second-order valence-electron chi connectivity index (χ2n) is 6.66. The number of benzene rings is 2. The molecule has 2 unspecified atom stereocenters. The number of carbonyl (C=O) groups is 3. The Morgan fingerprint density at radius 2 is 1.90 bits per heavy atom. The fraction of sp³-hybridized carbons (Fsp3) is 0.318. The van der Waals surface area contributed by atoms with E-state index in [4.69, 9.17) is 14.2 Å². The van der Waals surface area contributed by atoms with E-state index in [1.807, 2.05) is 30.3 Å². The molecule has 3 rings (SSSR count). The monoisotopic (exact) mass is 414 g/mol. The number of esters is 1. The highest BCUT2D eigenvalue weighted by molar-refractivity contribution is 8.15. The van der Waals surface area contributed by atoms with Crippen LogP contribution in [0.1, 0.15) is 30.6 Å². The van der Waals surface area contributed by atoms with E-state index in [0.29, 0.717) is 17.9 Å². The van der Waals surface area contributed by atoms with E-state index in [-0.39, 0.29) is 29.2 Å². The van der Waals surface area contributed by atoms with E-state index in [0.717, 1.165) is 22.9 Å². The summed E-state index contributed by atoms with van der Waals surface area (Å²) in [6.07, 6.45) is -0.0194. The van der Waals surface area contributed by atoms with E-state index < -0.39 is 12.1 Å². The van der Waals surface area contributed by atoms with Crippen molar-refractivity contribution < 1.29 is 28.6 Å². The summed E-state index contributed by atoms with van der Waals surface area (Å²) in [6, 6.07) is 14.6. The molecule has 7 heteroatoms. The molecule has 1 aliphatic heterocycles. The Bertz CT molecular complexity index is 892. The predicted octanol–water partition coefficient (Wildman–Crippen LogP) is 3.52. The highest BCUT2D eigenvalue weighted by Crippen LogP contribution is 2.29. The van der Waals surface area contributed by atoms with Crippen LogP contribution >= 0.6 is 11.8 Å². The fourth-order valence-electron chi connectivity index (χ4n) is 3.03. The average molecular weight is 414 g/mol. The molecule has 0 N–H and O–H groups in total. The average Bonchev–Trinajstić information content (AvgIpc) is 3.02. The van der Waals surface area contributed by atoms with Crippen LogP contribution in [-0.2, 0) is 25.5 Å². The molecular formula is C22H22O6S. The van der Waals surface area contributed by atoms with Gasteiger partial charge in [-0.3, -0.25) is 14.4 Å². The van der Waals surface area contributed by atoms with Crippen molar-refractivity contribution in [3.05, 3.63) is 59.7 Å². The molecule has 0 saturated carbocycles. The van der Waals surface area contributed by atoms with E-state index >= 15 is 0 Å². The first-order chi connectivity index (χ1) is 13.9. The summed E-state index contributed by atoms with van der Waals surface area (Å²) in [6.45, 7) is 1.51. The molecule has 0 spiro atoms. The van der Waals surface area contributed by atoms with Crippen molar-refractivity contribution in [1.82, 2.24) is 0 Å². The molecular weight excluding hydrogens is 392 g/mol. The Hall–Kier alpha value is -2.80. The number of ketones is 1. The largest absolute Gasteiger partial charge is 0.497 e. The van der Waals surface area contributed by atoms with Gasteiger partial charge in [0.1, 0.15) is 18.1 Å². The van der Waals surface area contributed by atoms with Gasteiger partial charge in [-0.25, -0.2) is 0 Å². The van der Waals surface area contributed by atoms with Crippen molar-refractivity contribution in [2.45, 2.75) is 31.1 Å². The maximum absolute atomic E-state index is 11.8. The van der Waals surface area contributed by atoms with Gasteiger partial charge in [0.05, 0.1) is 18.8 Å². The Kier molecular flexibility index (Phi) is 6.93. The summed E-state index contributed by atoms with van der Waals surface area (Å²) in [4.78, 5) is 34.6. The zero-order chi connectivity index (χ0) is 20.8. The van der Waals surface area contributed by atoms with Gasteiger partial charge in [0, 0.05) is 6.92 Å². The number of thioether (sulfide) groups is 1. The van der Waals surface area contributed by atoms with Gasteiger partial charge in [-0.05, 0) is 41.8 Å². The quantitative estimate of drug-likeness (QED) is 0.483. The van der Waals surface area contributed by atoms with Crippen LogP contribution in [0.25, 0.3) is 0 Å². The lowest BCUT2D eigenvalue weighted by molar-refractivity contribution is -0.148. The number of hydrogen-bond donors (Lipinski definition) is 0. The molecule has 1 heterocycles. The van der Waals surface area contributed by atoms with Crippen LogP contribution in [0.3, 0.4) is 0 Å². The molecule has 0 bridgehead atoms. The standard InChI is InChI=1S/C22H22O6S/c1-14(23)28-20(16-4-3-5-18(11-16)26-2)13-27-17-8-6-15(7-9-17)10-21-19(24)12-22(25)29-21/h3-9,11,20-21H,10,12-13H2,1-2H3. The minimum absolute atomic E-state index is 0.0113. The van der Waals surface area contributed by atoms with Crippen LogP contribution in [0.15, 0.2) is 48.5 Å². The van der Waals surface area contributed by atoms with E-state index in [1.165, 1.54) is 6.92 Å². The van der Waals surface area contributed by atoms with Crippen LogP contribution < -0.4 is 9.47 Å². The molecule has 152 valence electrons. The summed E-state index contributed by atoms with van der Waals surface area (Å²) in [5, 5.41) is -0.357. The van der Waals surface area contributed by atoms with Gasteiger partial charge in [-0.15, -0.1) is 0 Å². The number of hydrogen-bond acceptors (Lipinski definition) is 7. The number of ether oxygens (including phenoxy) is 3. The van der Waals surface area contributed by atoms with Crippen molar-refractivity contribution in [1.29, 1.82) is 0 Å². The first kappa shape index (κ1) is 20.9. The smallest absolute Gasteiger partial charge is 0.303 e. The van der Waals surface area contributed by atoms with Crippen molar-refractivity contribution in [2.24, 2.45) is 0 Å². The normalized spacial score (nSPS) is 17.1. The van der Waals surface area contributed by atoms with Gasteiger partial charge in [-0.1, -0.05) is 36.0 Å². The highest BCUT2D eigenvalue weighted by atomic mass is 32.2. The van der Waals surface area contributed by atoms with Gasteiger partial charge in [-0.2, -0.15) is 0 Å². The number of methoxy groups -OCH3 is 1. The molecule has 0 aromatic heterocycles. The lowest BCUT2D eigenvalue weighted by Gasteiger charge is -2.19. The third-order valence-electron chi connectivity index (χ3n) is 4.47. The molecule has 6 nitrogen and oxygen atoms in total. The molecule has 29 heavy (non-hydrogen) atoms. The summed E-state index contributed by atoms with van der Waals surface area (Å²) in [5.41, 5.74) is 1.74. The molecule has 1 saturated heterocycles. The Labute approximate surface area is 173 Å². The lowest BCUT2D eigenvalue weighted by atomic mass is 10.1. The zero-order valence-electron chi connectivity index (χ0n) is 16.3. The van der Waals surface area contributed by atoms with Crippen molar-refractivity contribution >= 4 is 28.6 Å². The summed E-state index contributed by atoms with van der Waals surface area (Å²) >= 11 is 1.11. The highest BCUT2D eigenvalue weighted by Gasteiger charge is 2.31. The first-order valence-electron chi connectivity index (χ1n) is 9.19. The molecule has 2 aromatic rings. The van der Waals surface area contributed by atoms with Gasteiger partial charge in [0.25, 0.3) is 0 Å². The van der Waals surface area contributed by atoms with E-state index in [1.54, 1.807) is 25.3 Å². The van der Waals surface area contributed by atoms with Gasteiger partial charge < -0.3 is 14.2 Å². The van der Waals surface area contributed by atoms with Crippen LogP contribution in [0, 0.1) is 0 Å². The number of Topliss-reactive ketones (excluding diaryl/α,β-unsaturated/α-hetero) is 1. The Morgan fingerprint density at radius 3 is 2.52 bits per heavy atom. The first-order valence-corrected chi connectivity index (χ1v) is 10.1. The minimum atomic E-state index is -0.569. The molecule has 1 fully saturated rings. The summed E-state index contributed by atoms with van der Waals surface area (Å²) in [5.74, 6) is 0.880. The lowest BCUT2D eigenvalue weighted by Crippen LogP contribution is -2.16. The fourth-order valence-corrected chi connectivity index (χ4v) is 4.06. The Morgan fingerprint density at radius 1 is 1.14 bits per heavy atom. The number of carbonyl (C=O) groups excluding carboxylic acids is 3. The number of rotatable bonds is 8. The van der Waals surface area contributed by atoms with E-state index in [2.05, 4.69) is 0 Å². The topological polar surface area (TPSA) is 78.9 Å². The predicted molar refractivity (Wildman–Crippen MR) is 109 cm³/mol. The molecule has 0 amide bonds. The third-order valence-corrected chi connectivity index (χ3v) is 5.59. The molecule has 1 aliphatic rings. The molecule has 2 atom stereocenters. The maximum atomic E-state index is 11.8. The van der Waals surface area contributed by atoms with Crippen LogP contribution in [0.4, 0.5) is 0 Å². The third kappa shape index (κ3) is 5.84.